The lowest BCUT2D eigenvalue weighted by Crippen LogP contribution is -2.33. The molecule has 5 nitrogen and oxygen atoms in total. The number of carbonyl (C=O) groups is 3. The third kappa shape index (κ3) is 5.01. The quantitative estimate of drug-likeness (QED) is 0.602. The minimum absolute atomic E-state index is 0.283. The first-order chi connectivity index (χ1) is 11.0. The molecule has 1 aromatic heterocycles. The van der Waals surface area contributed by atoms with Gasteiger partial charge in [-0.25, -0.2) is 0 Å². The van der Waals surface area contributed by atoms with E-state index >= 15 is 0 Å². The van der Waals surface area contributed by atoms with Crippen LogP contribution < -0.4 is 5.32 Å². The molecule has 1 aromatic carbocycles. The molecule has 0 fully saturated rings. The van der Waals surface area contributed by atoms with E-state index in [0.717, 1.165) is 4.47 Å². The van der Waals surface area contributed by atoms with Gasteiger partial charge in [0.1, 0.15) is 6.54 Å². The number of Topliss-reactive ketones (excluding diaryl/α,β-unsaturated/α-hetero) is 1. The molecule has 0 aliphatic carbocycles. The van der Waals surface area contributed by atoms with Crippen LogP contribution in [0, 0.1) is 0 Å². The zero-order valence-corrected chi connectivity index (χ0v) is 14.6. The summed E-state index contributed by atoms with van der Waals surface area (Å²) in [6.07, 6.45) is -0.915. The van der Waals surface area contributed by atoms with Gasteiger partial charge >= 0.3 is 5.97 Å². The normalized spacial score (nSPS) is 11.6. The van der Waals surface area contributed by atoms with E-state index in [1.807, 2.05) is 0 Å². The molecule has 0 spiro atoms. The summed E-state index contributed by atoms with van der Waals surface area (Å²) >= 11 is 4.56. The molecular weight excluding hydrogens is 382 g/mol. The SMILES string of the molecule is C[C@@H](OC(=O)CNC(=O)c1cccs1)C(=O)c1ccc(Br)cc1. The molecule has 0 radical (unpaired) electrons. The zero-order chi connectivity index (χ0) is 16.8. The average Bonchev–Trinajstić information content (AvgIpc) is 3.07. The first kappa shape index (κ1) is 17.4. The summed E-state index contributed by atoms with van der Waals surface area (Å²) in [5.41, 5.74) is 0.455. The van der Waals surface area contributed by atoms with Crippen molar-refractivity contribution in [1.29, 1.82) is 0 Å². The second-order valence-corrected chi connectivity index (χ2v) is 6.53. The van der Waals surface area contributed by atoms with E-state index in [4.69, 9.17) is 4.74 Å². The Morgan fingerprint density at radius 1 is 1.22 bits per heavy atom. The molecule has 0 saturated carbocycles. The van der Waals surface area contributed by atoms with E-state index in [1.165, 1.54) is 18.3 Å². The Morgan fingerprint density at radius 3 is 2.52 bits per heavy atom. The number of hydrogen-bond donors (Lipinski definition) is 1. The fourth-order valence-electron chi connectivity index (χ4n) is 1.79. The monoisotopic (exact) mass is 395 g/mol. The van der Waals surface area contributed by atoms with E-state index in [2.05, 4.69) is 21.2 Å². The van der Waals surface area contributed by atoms with Gasteiger partial charge in [-0.15, -0.1) is 11.3 Å². The molecule has 1 heterocycles. The van der Waals surface area contributed by atoms with Crippen LogP contribution >= 0.6 is 27.3 Å². The Bertz CT molecular complexity index is 697. The largest absolute Gasteiger partial charge is 0.453 e. The molecule has 1 amide bonds. The molecule has 0 saturated heterocycles. The van der Waals surface area contributed by atoms with E-state index in [9.17, 15) is 14.4 Å². The predicted octanol–water partition coefficient (Wildman–Crippen LogP) is 3.06. The van der Waals surface area contributed by atoms with Crippen LogP contribution in [0.25, 0.3) is 0 Å². The van der Waals surface area contributed by atoms with Gasteiger partial charge in [-0.3, -0.25) is 14.4 Å². The summed E-state index contributed by atoms with van der Waals surface area (Å²) in [7, 11) is 0. The van der Waals surface area contributed by atoms with Crippen molar-refractivity contribution in [1.82, 2.24) is 5.32 Å². The molecule has 7 heteroatoms. The maximum atomic E-state index is 12.1. The van der Waals surface area contributed by atoms with Crippen molar-refractivity contribution in [3.63, 3.8) is 0 Å². The van der Waals surface area contributed by atoms with Crippen molar-refractivity contribution in [2.24, 2.45) is 0 Å². The molecule has 0 aliphatic rings. The van der Waals surface area contributed by atoms with Gasteiger partial charge in [0.2, 0.25) is 5.78 Å². The van der Waals surface area contributed by atoms with Crippen LogP contribution in [-0.2, 0) is 9.53 Å². The predicted molar refractivity (Wildman–Crippen MR) is 90.7 cm³/mol. The molecule has 120 valence electrons. The lowest BCUT2D eigenvalue weighted by atomic mass is 10.1. The number of carbonyl (C=O) groups excluding carboxylic acids is 3. The third-order valence-corrected chi connectivity index (χ3v) is 4.34. The first-order valence-electron chi connectivity index (χ1n) is 6.78. The smallest absolute Gasteiger partial charge is 0.326 e. The molecule has 1 atom stereocenters. The van der Waals surface area contributed by atoms with Crippen LogP contribution in [-0.4, -0.2) is 30.3 Å². The van der Waals surface area contributed by atoms with Crippen molar-refractivity contribution in [2.75, 3.05) is 6.54 Å². The topological polar surface area (TPSA) is 72.5 Å². The summed E-state index contributed by atoms with van der Waals surface area (Å²) in [6, 6.07) is 10.2. The third-order valence-electron chi connectivity index (χ3n) is 2.94. The van der Waals surface area contributed by atoms with Gasteiger partial charge in [0.05, 0.1) is 4.88 Å². The van der Waals surface area contributed by atoms with E-state index < -0.39 is 12.1 Å². The molecule has 0 aliphatic heterocycles. The second-order valence-electron chi connectivity index (χ2n) is 4.66. The molecule has 2 rings (SSSR count). The van der Waals surface area contributed by atoms with Crippen LogP contribution in [0.4, 0.5) is 0 Å². The number of esters is 1. The zero-order valence-electron chi connectivity index (χ0n) is 12.2. The van der Waals surface area contributed by atoms with E-state index in [1.54, 1.807) is 41.8 Å². The number of nitrogens with one attached hydrogen (secondary N) is 1. The first-order valence-corrected chi connectivity index (χ1v) is 8.45. The summed E-state index contributed by atoms with van der Waals surface area (Å²) in [6.45, 7) is 1.22. The van der Waals surface area contributed by atoms with Crippen LogP contribution in [0.2, 0.25) is 0 Å². The van der Waals surface area contributed by atoms with Crippen LogP contribution in [0.15, 0.2) is 46.3 Å². The highest BCUT2D eigenvalue weighted by molar-refractivity contribution is 9.10. The standard InChI is InChI=1S/C16H14BrNO4S/c1-10(15(20)11-4-6-12(17)7-5-11)22-14(19)9-18-16(21)13-3-2-8-23-13/h2-8,10H,9H2,1H3,(H,18,21)/t10-/m1/s1. The van der Waals surface area contributed by atoms with Gasteiger partial charge in [0.15, 0.2) is 6.10 Å². The number of benzene rings is 1. The number of ketones is 1. The van der Waals surface area contributed by atoms with Crippen LogP contribution in [0.5, 0.6) is 0 Å². The molecule has 0 unspecified atom stereocenters. The molecule has 2 aromatic rings. The van der Waals surface area contributed by atoms with Crippen molar-refractivity contribution in [2.45, 2.75) is 13.0 Å². The maximum Gasteiger partial charge on any atom is 0.326 e. The van der Waals surface area contributed by atoms with Gasteiger partial charge < -0.3 is 10.1 Å². The van der Waals surface area contributed by atoms with Crippen LogP contribution in [0.3, 0.4) is 0 Å². The molecule has 1 N–H and O–H groups in total. The highest BCUT2D eigenvalue weighted by Crippen LogP contribution is 2.13. The van der Waals surface area contributed by atoms with Gasteiger partial charge in [-0.1, -0.05) is 34.1 Å². The Morgan fingerprint density at radius 2 is 1.91 bits per heavy atom. The van der Waals surface area contributed by atoms with Crippen molar-refractivity contribution < 1.29 is 19.1 Å². The molecule has 0 bridgehead atoms. The number of ether oxygens (including phenoxy) is 1. The second kappa shape index (κ2) is 8.03. The Labute approximate surface area is 145 Å². The number of amides is 1. The van der Waals surface area contributed by atoms with Gasteiger partial charge in [0, 0.05) is 10.0 Å². The average molecular weight is 396 g/mol. The minimum Gasteiger partial charge on any atom is -0.453 e. The Balaban J connectivity index is 1.83. The van der Waals surface area contributed by atoms with Crippen LogP contribution in [0.1, 0.15) is 27.0 Å². The van der Waals surface area contributed by atoms with Gasteiger partial charge in [-0.05, 0) is 30.5 Å². The Kier molecular flexibility index (Phi) is 6.06. The van der Waals surface area contributed by atoms with Crippen molar-refractivity contribution >= 4 is 44.9 Å². The highest BCUT2D eigenvalue weighted by atomic mass is 79.9. The summed E-state index contributed by atoms with van der Waals surface area (Å²) in [4.78, 5) is 36.1. The summed E-state index contributed by atoms with van der Waals surface area (Å²) < 4.78 is 5.91. The van der Waals surface area contributed by atoms with E-state index in [0.29, 0.717) is 10.4 Å². The Hall–Kier alpha value is -1.99. The number of halogens is 1. The lowest BCUT2D eigenvalue weighted by Gasteiger charge is -2.12. The fraction of sp³-hybridized carbons (Fsp3) is 0.188. The summed E-state index contributed by atoms with van der Waals surface area (Å²) in [5.74, 6) is -1.30. The fourth-order valence-corrected chi connectivity index (χ4v) is 2.69. The molecule has 23 heavy (non-hydrogen) atoms. The highest BCUT2D eigenvalue weighted by Gasteiger charge is 2.20. The van der Waals surface area contributed by atoms with Gasteiger partial charge in [-0.2, -0.15) is 0 Å². The molecular formula is C16H14BrNO4S. The van der Waals surface area contributed by atoms with Gasteiger partial charge in [0.25, 0.3) is 5.91 Å². The lowest BCUT2D eigenvalue weighted by molar-refractivity contribution is -0.145. The maximum absolute atomic E-state index is 12.1. The summed E-state index contributed by atoms with van der Waals surface area (Å²) in [5, 5.41) is 4.23. The number of thiophene rings is 1. The van der Waals surface area contributed by atoms with Crippen molar-refractivity contribution in [3.05, 3.63) is 56.7 Å². The number of hydrogen-bond acceptors (Lipinski definition) is 5. The number of rotatable bonds is 6. The van der Waals surface area contributed by atoms with Crippen molar-refractivity contribution in [3.8, 4) is 0 Å². The van der Waals surface area contributed by atoms with E-state index in [-0.39, 0.29) is 18.2 Å². The minimum atomic E-state index is -0.915.